The average molecular weight is 234 g/mol. The normalized spacial score (nSPS) is 34.1. The van der Waals surface area contributed by atoms with E-state index < -0.39 is 12.0 Å². The Hall–Kier alpha value is 0.550. The fourth-order valence-electron chi connectivity index (χ4n) is 0.590. The minimum Gasteiger partial charge on any atom is -0.306 e. The first-order valence-corrected chi connectivity index (χ1v) is 3.20. The Bertz CT molecular complexity index is 94.0. The summed E-state index contributed by atoms with van der Waals surface area (Å²) in [6.07, 6.45) is -0.334. The van der Waals surface area contributed by atoms with Gasteiger partial charge < -0.3 is 3.07 Å². The Morgan fingerprint density at radius 1 is 1.62 bits per heavy atom. The van der Waals surface area contributed by atoms with Gasteiger partial charge in [-0.15, -0.1) is 0 Å². The van der Waals surface area contributed by atoms with E-state index >= 15 is 0 Å². The second-order valence-electron chi connectivity index (χ2n) is 1.88. The quantitative estimate of drug-likeness (QED) is 0.631. The van der Waals surface area contributed by atoms with Gasteiger partial charge in [0.2, 0.25) is 0 Å². The van der Waals surface area contributed by atoms with Gasteiger partial charge in [0.05, 0.1) is 0 Å². The third-order valence-electron chi connectivity index (χ3n) is 1.32. The third-order valence-corrected chi connectivity index (χ3v) is 1.93. The molecule has 0 aromatic heterocycles. The van der Waals surface area contributed by atoms with E-state index in [0.29, 0.717) is 6.42 Å². The maximum absolute atomic E-state index is 12.1. The Kier molecular flexibility index (Phi) is 1.71. The van der Waals surface area contributed by atoms with Crippen molar-refractivity contribution in [2.24, 2.45) is 0 Å². The highest BCUT2D eigenvalue weighted by Gasteiger charge is 2.49. The van der Waals surface area contributed by atoms with E-state index in [-0.39, 0.29) is 6.42 Å². The Morgan fingerprint density at radius 3 is 2.25 bits per heavy atom. The molecule has 0 heterocycles. The number of rotatable bonds is 1. The molecule has 0 aliphatic heterocycles. The Labute approximate surface area is 60.1 Å². The molecule has 1 unspecified atom stereocenters. The Morgan fingerprint density at radius 2 is 2.25 bits per heavy atom. The summed E-state index contributed by atoms with van der Waals surface area (Å²) in [5, 5.41) is 0. The van der Waals surface area contributed by atoms with Crippen LogP contribution in [-0.4, -0.2) is 12.0 Å². The van der Waals surface area contributed by atoms with Gasteiger partial charge in [-0.05, 0) is 6.42 Å². The Balaban J connectivity index is 2.37. The van der Waals surface area contributed by atoms with Gasteiger partial charge in [0.15, 0.2) is 0 Å². The molecule has 0 amide bonds. The minimum atomic E-state index is -2.54. The molecule has 0 radical (unpaired) electrons. The maximum Gasteiger partial charge on any atom is 0.274 e. The fourth-order valence-corrected chi connectivity index (χ4v) is 1.22. The molecule has 1 atom stereocenters. The number of alkyl halides is 2. The lowest BCUT2D eigenvalue weighted by molar-refractivity contribution is -0.150. The first-order valence-electron chi connectivity index (χ1n) is 2.32. The summed E-state index contributed by atoms with van der Waals surface area (Å²) in [5.74, 6) is -2.54. The van der Waals surface area contributed by atoms with Gasteiger partial charge in [-0.25, -0.2) is 8.78 Å². The van der Waals surface area contributed by atoms with Crippen LogP contribution in [0.5, 0.6) is 0 Å². The van der Waals surface area contributed by atoms with Crippen molar-refractivity contribution < 1.29 is 11.8 Å². The van der Waals surface area contributed by atoms with Crippen molar-refractivity contribution in [2.75, 3.05) is 0 Å². The molecule has 0 spiro atoms. The SMILES string of the molecule is FC1(F)CCC1OI. The van der Waals surface area contributed by atoms with E-state index in [2.05, 4.69) is 3.07 Å². The zero-order chi connectivity index (χ0) is 6.20. The second-order valence-corrected chi connectivity index (χ2v) is 2.39. The van der Waals surface area contributed by atoms with Crippen molar-refractivity contribution in [3.8, 4) is 0 Å². The van der Waals surface area contributed by atoms with Crippen LogP contribution in [0, 0.1) is 0 Å². The van der Waals surface area contributed by atoms with E-state index in [1.54, 1.807) is 0 Å². The van der Waals surface area contributed by atoms with Crippen LogP contribution in [0.2, 0.25) is 0 Å². The molecule has 1 rings (SSSR count). The highest BCUT2D eigenvalue weighted by atomic mass is 127. The predicted octanol–water partition coefficient (Wildman–Crippen LogP) is 2.15. The summed E-state index contributed by atoms with van der Waals surface area (Å²) in [6.45, 7) is 0. The van der Waals surface area contributed by atoms with Gasteiger partial charge >= 0.3 is 0 Å². The summed E-state index contributed by atoms with van der Waals surface area (Å²) < 4.78 is 28.6. The summed E-state index contributed by atoms with van der Waals surface area (Å²) >= 11 is 1.51. The molecule has 1 nitrogen and oxygen atoms in total. The lowest BCUT2D eigenvalue weighted by atomic mass is 9.91. The molecule has 1 fully saturated rings. The van der Waals surface area contributed by atoms with Gasteiger partial charge in [-0.1, -0.05) is 0 Å². The lowest BCUT2D eigenvalue weighted by Crippen LogP contribution is -2.43. The van der Waals surface area contributed by atoms with Crippen molar-refractivity contribution in [1.29, 1.82) is 0 Å². The fraction of sp³-hybridized carbons (Fsp3) is 1.00. The average Bonchev–Trinajstić information content (AvgIpc) is 1.66. The van der Waals surface area contributed by atoms with Crippen LogP contribution >= 0.6 is 23.0 Å². The second kappa shape index (κ2) is 2.06. The van der Waals surface area contributed by atoms with Gasteiger partial charge in [-0.3, -0.25) is 0 Å². The first kappa shape index (κ1) is 6.67. The lowest BCUT2D eigenvalue weighted by Gasteiger charge is -2.33. The molecule has 4 heteroatoms. The van der Waals surface area contributed by atoms with Crippen molar-refractivity contribution >= 4 is 23.0 Å². The molecule has 1 aliphatic rings. The van der Waals surface area contributed by atoms with Gasteiger partial charge in [0.1, 0.15) is 29.1 Å². The maximum atomic E-state index is 12.1. The van der Waals surface area contributed by atoms with E-state index in [0.717, 1.165) is 0 Å². The van der Waals surface area contributed by atoms with Crippen molar-refractivity contribution in [2.45, 2.75) is 24.9 Å². The monoisotopic (exact) mass is 234 g/mol. The van der Waals surface area contributed by atoms with E-state index in [1.165, 1.54) is 23.0 Å². The first-order chi connectivity index (χ1) is 3.67. The molecule has 8 heavy (non-hydrogen) atoms. The molecule has 0 aromatic rings. The number of hydrogen-bond acceptors (Lipinski definition) is 1. The van der Waals surface area contributed by atoms with Gasteiger partial charge in [0.25, 0.3) is 5.92 Å². The third kappa shape index (κ3) is 0.953. The van der Waals surface area contributed by atoms with E-state index in [1.807, 2.05) is 0 Å². The molecule has 1 saturated carbocycles. The van der Waals surface area contributed by atoms with Crippen molar-refractivity contribution in [1.82, 2.24) is 0 Å². The minimum absolute atomic E-state index is 0.0132. The topological polar surface area (TPSA) is 9.23 Å². The largest absolute Gasteiger partial charge is 0.306 e. The smallest absolute Gasteiger partial charge is 0.274 e. The highest BCUT2D eigenvalue weighted by molar-refractivity contribution is 14.1. The standard InChI is InChI=1S/C4H5F2IO/c5-4(6)2-1-3(4)8-7/h3H,1-2H2. The van der Waals surface area contributed by atoms with E-state index in [4.69, 9.17) is 0 Å². The van der Waals surface area contributed by atoms with Crippen LogP contribution in [0.25, 0.3) is 0 Å². The molecule has 0 saturated heterocycles. The zero-order valence-corrected chi connectivity index (χ0v) is 6.19. The molecule has 48 valence electrons. The zero-order valence-electron chi connectivity index (χ0n) is 4.03. The molecule has 0 aromatic carbocycles. The summed E-state index contributed by atoms with van der Waals surface area (Å²) in [4.78, 5) is 0. The van der Waals surface area contributed by atoms with Crippen LogP contribution in [-0.2, 0) is 3.07 Å². The van der Waals surface area contributed by atoms with E-state index in [9.17, 15) is 8.78 Å². The molecular formula is C4H5F2IO. The molecule has 0 bridgehead atoms. The number of hydrogen-bond donors (Lipinski definition) is 0. The summed E-state index contributed by atoms with van der Waals surface area (Å²) in [5.41, 5.74) is 0. The number of halogens is 3. The predicted molar refractivity (Wildman–Crippen MR) is 33.1 cm³/mol. The van der Waals surface area contributed by atoms with Crippen LogP contribution in [0.4, 0.5) is 8.78 Å². The van der Waals surface area contributed by atoms with Crippen LogP contribution in [0.15, 0.2) is 0 Å². The van der Waals surface area contributed by atoms with Crippen LogP contribution < -0.4 is 0 Å². The molecular weight excluding hydrogens is 229 g/mol. The van der Waals surface area contributed by atoms with Crippen molar-refractivity contribution in [3.05, 3.63) is 0 Å². The molecule has 1 aliphatic carbocycles. The molecule has 0 N–H and O–H groups in total. The van der Waals surface area contributed by atoms with Crippen LogP contribution in [0.1, 0.15) is 12.8 Å². The van der Waals surface area contributed by atoms with Gasteiger partial charge in [0, 0.05) is 6.42 Å². The summed E-state index contributed by atoms with van der Waals surface area (Å²) in [7, 11) is 0. The van der Waals surface area contributed by atoms with Gasteiger partial charge in [-0.2, -0.15) is 0 Å². The van der Waals surface area contributed by atoms with Crippen molar-refractivity contribution in [3.63, 3.8) is 0 Å². The highest BCUT2D eigenvalue weighted by Crippen LogP contribution is 2.40. The summed E-state index contributed by atoms with van der Waals surface area (Å²) in [6, 6.07) is 0. The van der Waals surface area contributed by atoms with Crippen LogP contribution in [0.3, 0.4) is 0 Å².